The lowest BCUT2D eigenvalue weighted by molar-refractivity contribution is 0.0347. The van der Waals surface area contributed by atoms with Crippen molar-refractivity contribution >= 4 is 18.3 Å². The van der Waals surface area contributed by atoms with Crippen molar-refractivity contribution in [1.82, 2.24) is 19.7 Å². The Bertz CT molecular complexity index is 966. The van der Waals surface area contributed by atoms with Gasteiger partial charge in [-0.25, -0.2) is 4.68 Å². The molecule has 0 radical (unpaired) electrons. The molecule has 0 atom stereocenters. The molecule has 1 fully saturated rings. The highest BCUT2D eigenvalue weighted by Gasteiger charge is 2.26. The number of hydrogen-bond donors (Lipinski definition) is 0. The van der Waals surface area contributed by atoms with Gasteiger partial charge in [0.1, 0.15) is 0 Å². The summed E-state index contributed by atoms with van der Waals surface area (Å²) < 4.78 is 7.11. The SMILES string of the molecule is CC=N/C(C)=C\C=C\n1nc(C(=O)N2CCC(OC)CC2)cc1-c1cc(C)ccn1. The lowest BCUT2D eigenvalue weighted by Gasteiger charge is -2.30. The topological polar surface area (TPSA) is 72.6 Å². The zero-order chi connectivity index (χ0) is 21.5. The molecule has 2 aromatic heterocycles. The van der Waals surface area contributed by atoms with Crippen LogP contribution in [0.4, 0.5) is 0 Å². The zero-order valence-electron chi connectivity index (χ0n) is 18.1. The molecular formula is C23H29N5O2. The fraction of sp³-hybridized carbons (Fsp3) is 0.391. The maximum absolute atomic E-state index is 13.1. The van der Waals surface area contributed by atoms with Crippen LogP contribution in [-0.2, 0) is 4.74 Å². The standard InChI is InChI=1S/C23H29N5O2/c1-5-24-18(3)7-6-12-28-22(20-15-17(2)8-11-25-20)16-21(26-28)23(29)27-13-9-19(30-4)10-14-27/h5-8,11-12,15-16,19H,9-10,13-14H2,1-4H3/b12-6+,18-7-,24-5?. The summed E-state index contributed by atoms with van der Waals surface area (Å²) in [5.74, 6) is -0.0621. The Morgan fingerprint density at radius 3 is 2.73 bits per heavy atom. The fourth-order valence-corrected chi connectivity index (χ4v) is 3.45. The number of pyridine rings is 1. The Morgan fingerprint density at radius 2 is 2.07 bits per heavy atom. The van der Waals surface area contributed by atoms with E-state index in [1.54, 1.807) is 24.2 Å². The number of aromatic nitrogens is 3. The smallest absolute Gasteiger partial charge is 0.274 e. The van der Waals surface area contributed by atoms with Gasteiger partial charge < -0.3 is 9.64 Å². The molecule has 3 rings (SSSR count). The predicted octanol–water partition coefficient (Wildman–Crippen LogP) is 3.97. The van der Waals surface area contributed by atoms with Gasteiger partial charge in [0, 0.05) is 44.5 Å². The van der Waals surface area contributed by atoms with Crippen LogP contribution in [0, 0.1) is 6.92 Å². The average molecular weight is 408 g/mol. The van der Waals surface area contributed by atoms with Crippen molar-refractivity contribution in [2.75, 3.05) is 20.2 Å². The molecule has 7 heteroatoms. The van der Waals surface area contributed by atoms with Crippen molar-refractivity contribution in [1.29, 1.82) is 0 Å². The highest BCUT2D eigenvalue weighted by atomic mass is 16.5. The summed E-state index contributed by atoms with van der Waals surface area (Å²) in [6.45, 7) is 7.17. The van der Waals surface area contributed by atoms with Gasteiger partial charge in [-0.05, 0) is 69.5 Å². The van der Waals surface area contributed by atoms with Gasteiger partial charge in [0.25, 0.3) is 5.91 Å². The van der Waals surface area contributed by atoms with E-state index in [-0.39, 0.29) is 12.0 Å². The Kier molecular flexibility index (Phi) is 7.30. The van der Waals surface area contributed by atoms with Gasteiger partial charge in [-0.15, -0.1) is 0 Å². The lowest BCUT2D eigenvalue weighted by atomic mass is 10.1. The Morgan fingerprint density at radius 1 is 1.30 bits per heavy atom. The number of allylic oxidation sites excluding steroid dienone is 3. The molecule has 0 spiro atoms. The van der Waals surface area contributed by atoms with Crippen LogP contribution in [0.2, 0.25) is 0 Å². The van der Waals surface area contributed by atoms with E-state index in [9.17, 15) is 4.79 Å². The van der Waals surface area contributed by atoms with E-state index < -0.39 is 0 Å². The Balaban J connectivity index is 1.91. The normalized spacial score (nSPS) is 16.1. The number of rotatable bonds is 6. The van der Waals surface area contributed by atoms with E-state index in [2.05, 4.69) is 15.1 Å². The summed E-state index contributed by atoms with van der Waals surface area (Å²) in [5, 5.41) is 4.57. The van der Waals surface area contributed by atoms with Crippen molar-refractivity contribution < 1.29 is 9.53 Å². The van der Waals surface area contributed by atoms with Crippen molar-refractivity contribution in [3.63, 3.8) is 0 Å². The molecule has 0 aliphatic carbocycles. The monoisotopic (exact) mass is 407 g/mol. The first-order valence-electron chi connectivity index (χ1n) is 10.2. The number of piperidine rings is 1. The minimum Gasteiger partial charge on any atom is -0.381 e. The summed E-state index contributed by atoms with van der Waals surface area (Å²) in [6, 6.07) is 5.75. The fourth-order valence-electron chi connectivity index (χ4n) is 3.45. The van der Waals surface area contributed by atoms with Crippen LogP contribution < -0.4 is 0 Å². The second kappa shape index (κ2) is 10.1. The van der Waals surface area contributed by atoms with Crippen molar-refractivity contribution in [2.45, 2.75) is 39.7 Å². The van der Waals surface area contributed by atoms with Crippen LogP contribution >= 0.6 is 0 Å². The molecule has 0 unspecified atom stereocenters. The Labute approximate surface area is 177 Å². The molecule has 0 N–H and O–H groups in total. The molecule has 3 heterocycles. The highest BCUT2D eigenvalue weighted by Crippen LogP contribution is 2.22. The van der Waals surface area contributed by atoms with Gasteiger partial charge in [-0.1, -0.05) is 0 Å². The maximum Gasteiger partial charge on any atom is 0.274 e. The van der Waals surface area contributed by atoms with Gasteiger partial charge >= 0.3 is 0 Å². The minimum atomic E-state index is -0.0621. The third-order valence-corrected chi connectivity index (χ3v) is 5.09. The van der Waals surface area contributed by atoms with E-state index >= 15 is 0 Å². The van der Waals surface area contributed by atoms with Crippen LogP contribution in [0.25, 0.3) is 17.6 Å². The van der Waals surface area contributed by atoms with Crippen LogP contribution in [0.1, 0.15) is 42.7 Å². The molecule has 1 saturated heterocycles. The Hall–Kier alpha value is -3.06. The molecular weight excluding hydrogens is 378 g/mol. The number of carbonyl (C=O) groups excluding carboxylic acids is 1. The number of aliphatic imine (C=N–C) groups is 1. The van der Waals surface area contributed by atoms with Gasteiger partial charge in [0.15, 0.2) is 5.69 Å². The van der Waals surface area contributed by atoms with Gasteiger partial charge in [0.2, 0.25) is 0 Å². The number of carbonyl (C=O) groups is 1. The van der Waals surface area contributed by atoms with E-state index in [1.165, 1.54) is 0 Å². The predicted molar refractivity (Wildman–Crippen MR) is 119 cm³/mol. The van der Waals surface area contributed by atoms with Crippen molar-refractivity contribution in [2.24, 2.45) is 4.99 Å². The molecule has 0 bridgehead atoms. The second-order valence-electron chi connectivity index (χ2n) is 7.34. The summed E-state index contributed by atoms with van der Waals surface area (Å²) in [5.41, 5.74) is 3.94. The van der Waals surface area contributed by atoms with Gasteiger partial charge in [-0.2, -0.15) is 5.10 Å². The van der Waals surface area contributed by atoms with Gasteiger partial charge in [0.05, 0.1) is 17.5 Å². The van der Waals surface area contributed by atoms with E-state index in [0.717, 1.165) is 35.5 Å². The summed E-state index contributed by atoms with van der Waals surface area (Å²) in [6.07, 6.45) is 11.0. The number of likely N-dealkylation sites (tertiary alicyclic amines) is 1. The first-order valence-corrected chi connectivity index (χ1v) is 10.2. The quantitative estimate of drug-likeness (QED) is 0.536. The second-order valence-corrected chi connectivity index (χ2v) is 7.34. The summed E-state index contributed by atoms with van der Waals surface area (Å²) >= 11 is 0. The van der Waals surface area contributed by atoms with Crippen LogP contribution in [0.3, 0.4) is 0 Å². The first-order chi connectivity index (χ1) is 14.5. The molecule has 1 aliphatic heterocycles. The van der Waals surface area contributed by atoms with Crippen LogP contribution in [0.15, 0.2) is 47.2 Å². The van der Waals surface area contributed by atoms with E-state index in [1.807, 2.05) is 62.2 Å². The largest absolute Gasteiger partial charge is 0.381 e. The van der Waals surface area contributed by atoms with Crippen molar-refractivity contribution in [3.8, 4) is 11.4 Å². The molecule has 0 saturated carbocycles. The molecule has 7 nitrogen and oxygen atoms in total. The number of hydrogen-bond acceptors (Lipinski definition) is 5. The highest BCUT2D eigenvalue weighted by molar-refractivity contribution is 5.93. The number of methoxy groups -OCH3 is 1. The summed E-state index contributed by atoms with van der Waals surface area (Å²) in [7, 11) is 1.72. The molecule has 0 aromatic carbocycles. The number of amides is 1. The molecule has 1 amide bonds. The first kappa shape index (κ1) is 21.6. The third kappa shape index (κ3) is 5.30. The van der Waals surface area contributed by atoms with E-state index in [0.29, 0.717) is 18.8 Å². The number of nitrogens with zero attached hydrogens (tertiary/aromatic N) is 5. The lowest BCUT2D eigenvalue weighted by Crippen LogP contribution is -2.40. The van der Waals surface area contributed by atoms with Crippen LogP contribution in [-0.4, -0.2) is 58.1 Å². The van der Waals surface area contributed by atoms with Gasteiger partial charge in [-0.3, -0.25) is 14.8 Å². The molecule has 2 aromatic rings. The van der Waals surface area contributed by atoms with E-state index in [4.69, 9.17) is 4.74 Å². The third-order valence-electron chi connectivity index (χ3n) is 5.09. The zero-order valence-corrected chi connectivity index (χ0v) is 18.1. The maximum atomic E-state index is 13.1. The van der Waals surface area contributed by atoms with Crippen LogP contribution in [0.5, 0.6) is 0 Å². The summed E-state index contributed by atoms with van der Waals surface area (Å²) in [4.78, 5) is 23.6. The van der Waals surface area contributed by atoms with Crippen molar-refractivity contribution in [3.05, 3.63) is 53.5 Å². The number of ether oxygens (including phenoxy) is 1. The molecule has 1 aliphatic rings. The molecule has 158 valence electrons. The minimum absolute atomic E-state index is 0.0621. The molecule has 30 heavy (non-hydrogen) atoms. The average Bonchev–Trinajstić information content (AvgIpc) is 3.17. The number of aryl methyl sites for hydroxylation is 1.